The van der Waals surface area contributed by atoms with Gasteiger partial charge in [0.2, 0.25) is 0 Å². The van der Waals surface area contributed by atoms with E-state index in [4.69, 9.17) is 0 Å². The fourth-order valence-corrected chi connectivity index (χ4v) is 3.78. The Balaban J connectivity index is 1.88. The van der Waals surface area contributed by atoms with Gasteiger partial charge in [0.1, 0.15) is 5.52 Å². The number of fused-ring (bicyclic) bond motifs is 2. The number of nitrogens with zero attached hydrogens (tertiary/aromatic N) is 4. The minimum absolute atomic E-state index is 0.641. The quantitative estimate of drug-likeness (QED) is 0.783. The highest BCUT2D eigenvalue weighted by Crippen LogP contribution is 2.37. The highest BCUT2D eigenvalue weighted by atomic mass is 32.1. The summed E-state index contributed by atoms with van der Waals surface area (Å²) in [5, 5.41) is 15.8. The molecule has 0 bridgehead atoms. The van der Waals surface area contributed by atoms with Crippen LogP contribution < -0.4 is 4.90 Å². The number of carbonyl (C=O) groups is 1. The zero-order valence-electron chi connectivity index (χ0n) is 11.0. The maximum absolute atomic E-state index is 11.8. The molecule has 1 aliphatic heterocycles. The molecule has 3 aromatic heterocycles. The Labute approximate surface area is 124 Å². The zero-order chi connectivity index (χ0) is 14.4. The summed E-state index contributed by atoms with van der Waals surface area (Å²) in [6.07, 6.45) is 5.94. The van der Waals surface area contributed by atoms with Crippen molar-refractivity contribution in [3.8, 4) is 0 Å². The van der Waals surface area contributed by atoms with Gasteiger partial charge in [-0.3, -0.25) is 0 Å². The molecule has 1 aliphatic rings. The van der Waals surface area contributed by atoms with E-state index in [0.29, 0.717) is 12.4 Å². The first-order chi connectivity index (χ1) is 10.3. The van der Waals surface area contributed by atoms with Crippen molar-refractivity contribution in [2.75, 3.05) is 11.4 Å². The molecule has 4 rings (SSSR count). The summed E-state index contributed by atoms with van der Waals surface area (Å²) in [7, 11) is 0. The number of carboxylic acids is 1. The third-order valence-corrected chi connectivity index (χ3v) is 4.77. The topological polar surface area (TPSA) is 70.7 Å². The minimum atomic E-state index is -0.849. The van der Waals surface area contributed by atoms with Crippen LogP contribution in [-0.2, 0) is 11.2 Å². The van der Waals surface area contributed by atoms with Gasteiger partial charge in [-0.05, 0) is 29.5 Å². The van der Waals surface area contributed by atoms with Crippen molar-refractivity contribution >= 4 is 28.6 Å². The van der Waals surface area contributed by atoms with E-state index in [1.165, 1.54) is 0 Å². The Morgan fingerprint density at radius 2 is 2.29 bits per heavy atom. The Morgan fingerprint density at radius 1 is 1.38 bits per heavy atom. The van der Waals surface area contributed by atoms with E-state index >= 15 is 0 Å². The molecule has 1 atom stereocenters. The predicted octanol–water partition coefficient (Wildman–Crippen LogP) is 1.98. The van der Waals surface area contributed by atoms with E-state index in [1.54, 1.807) is 34.4 Å². The van der Waals surface area contributed by atoms with Crippen molar-refractivity contribution in [1.29, 1.82) is 0 Å². The third kappa shape index (κ3) is 1.81. The molecule has 6 nitrogen and oxygen atoms in total. The molecule has 1 N–H and O–H groups in total. The summed E-state index contributed by atoms with van der Waals surface area (Å²) in [6.45, 7) is 0.641. The van der Waals surface area contributed by atoms with E-state index < -0.39 is 12.0 Å². The number of thiophene rings is 1. The standard InChI is InChI=1S/C14H12N4O2S/c19-14(20)12-9-3-8-21-11(9)2-6-17(12)13-10-1-4-16-18(10)7-5-15-13/h1,3-5,7-8,12H,2,6H2,(H,19,20). The van der Waals surface area contributed by atoms with Crippen molar-refractivity contribution in [2.45, 2.75) is 12.5 Å². The Morgan fingerprint density at radius 3 is 3.14 bits per heavy atom. The van der Waals surface area contributed by atoms with E-state index in [2.05, 4.69) is 10.1 Å². The number of anilines is 1. The lowest BCUT2D eigenvalue weighted by molar-refractivity contribution is -0.138. The maximum atomic E-state index is 11.8. The molecule has 1 unspecified atom stereocenters. The molecular formula is C14H12N4O2S. The average molecular weight is 300 g/mol. The van der Waals surface area contributed by atoms with Crippen LogP contribution in [0, 0.1) is 0 Å². The molecule has 21 heavy (non-hydrogen) atoms. The highest BCUT2D eigenvalue weighted by molar-refractivity contribution is 7.10. The second kappa shape index (κ2) is 4.56. The number of aliphatic carboxylic acids is 1. The van der Waals surface area contributed by atoms with Crippen LogP contribution in [0.1, 0.15) is 16.5 Å². The molecule has 0 fully saturated rings. The largest absolute Gasteiger partial charge is 0.479 e. The van der Waals surface area contributed by atoms with Gasteiger partial charge in [-0.25, -0.2) is 14.3 Å². The summed E-state index contributed by atoms with van der Waals surface area (Å²) in [4.78, 5) is 19.2. The minimum Gasteiger partial charge on any atom is -0.479 e. The fourth-order valence-electron chi connectivity index (χ4n) is 2.88. The molecular weight excluding hydrogens is 288 g/mol. The van der Waals surface area contributed by atoms with Gasteiger partial charge in [-0.15, -0.1) is 11.3 Å². The molecule has 0 spiro atoms. The number of rotatable bonds is 2. The number of hydrogen-bond donors (Lipinski definition) is 1. The van der Waals surface area contributed by atoms with Gasteiger partial charge in [0, 0.05) is 23.8 Å². The van der Waals surface area contributed by atoms with E-state index in [-0.39, 0.29) is 0 Å². The van der Waals surface area contributed by atoms with Gasteiger partial charge >= 0.3 is 5.97 Å². The maximum Gasteiger partial charge on any atom is 0.331 e. The van der Waals surface area contributed by atoms with Crippen molar-refractivity contribution in [1.82, 2.24) is 14.6 Å². The van der Waals surface area contributed by atoms with Crippen LogP contribution in [0.2, 0.25) is 0 Å². The summed E-state index contributed by atoms with van der Waals surface area (Å²) >= 11 is 1.62. The third-order valence-electron chi connectivity index (χ3n) is 3.78. The predicted molar refractivity (Wildman–Crippen MR) is 78.7 cm³/mol. The van der Waals surface area contributed by atoms with Crippen LogP contribution in [0.25, 0.3) is 5.52 Å². The van der Waals surface area contributed by atoms with Crippen molar-refractivity contribution in [3.63, 3.8) is 0 Å². The van der Waals surface area contributed by atoms with Crippen molar-refractivity contribution < 1.29 is 9.90 Å². The van der Waals surface area contributed by atoms with Crippen molar-refractivity contribution in [3.05, 3.63) is 46.5 Å². The molecule has 4 heterocycles. The van der Waals surface area contributed by atoms with Crippen LogP contribution in [-0.4, -0.2) is 32.2 Å². The normalized spacial score (nSPS) is 17.9. The van der Waals surface area contributed by atoms with Gasteiger partial charge in [0.25, 0.3) is 0 Å². The van der Waals surface area contributed by atoms with Crippen LogP contribution in [0.5, 0.6) is 0 Å². The van der Waals surface area contributed by atoms with Gasteiger partial charge in [-0.2, -0.15) is 5.10 Å². The molecule has 0 saturated carbocycles. The zero-order valence-corrected chi connectivity index (χ0v) is 11.8. The van der Waals surface area contributed by atoms with E-state index in [0.717, 1.165) is 22.4 Å². The van der Waals surface area contributed by atoms with Gasteiger partial charge in [-0.1, -0.05) is 0 Å². The molecule has 0 radical (unpaired) electrons. The lowest BCUT2D eigenvalue weighted by Crippen LogP contribution is -2.39. The SMILES string of the molecule is O=C(O)C1c2ccsc2CCN1c1nccn2nccc12. The van der Waals surface area contributed by atoms with E-state index in [9.17, 15) is 9.90 Å². The summed E-state index contributed by atoms with van der Waals surface area (Å²) in [6, 6.07) is 3.07. The van der Waals surface area contributed by atoms with Gasteiger partial charge < -0.3 is 10.0 Å². The molecule has 3 aromatic rings. The second-order valence-corrected chi connectivity index (χ2v) is 5.90. The fraction of sp³-hybridized carbons (Fsp3) is 0.214. The first kappa shape index (κ1) is 12.3. The number of aromatic nitrogens is 3. The average Bonchev–Trinajstić information content (AvgIpc) is 3.13. The second-order valence-electron chi connectivity index (χ2n) is 4.90. The summed E-state index contributed by atoms with van der Waals surface area (Å²) in [5.74, 6) is -0.183. The van der Waals surface area contributed by atoms with Crippen LogP contribution in [0.3, 0.4) is 0 Å². The molecule has 106 valence electrons. The van der Waals surface area contributed by atoms with Gasteiger partial charge in [0.15, 0.2) is 11.9 Å². The molecule has 7 heteroatoms. The Kier molecular flexibility index (Phi) is 2.68. The molecule has 0 aliphatic carbocycles. The van der Waals surface area contributed by atoms with E-state index in [1.807, 2.05) is 22.4 Å². The summed E-state index contributed by atoms with van der Waals surface area (Å²) < 4.78 is 1.71. The van der Waals surface area contributed by atoms with Gasteiger partial charge in [0.05, 0.1) is 6.20 Å². The Bertz CT molecular complexity index is 825. The Hall–Kier alpha value is -2.41. The molecule has 0 aromatic carbocycles. The number of carboxylic acid groups (broad SMARTS) is 1. The van der Waals surface area contributed by atoms with Crippen LogP contribution in [0.4, 0.5) is 5.82 Å². The van der Waals surface area contributed by atoms with Crippen LogP contribution >= 0.6 is 11.3 Å². The van der Waals surface area contributed by atoms with Crippen molar-refractivity contribution in [2.24, 2.45) is 0 Å². The molecule has 0 amide bonds. The number of hydrogen-bond acceptors (Lipinski definition) is 5. The monoisotopic (exact) mass is 300 g/mol. The highest BCUT2D eigenvalue weighted by Gasteiger charge is 2.35. The van der Waals surface area contributed by atoms with Crippen LogP contribution in [0.15, 0.2) is 36.1 Å². The smallest absolute Gasteiger partial charge is 0.331 e. The lowest BCUT2D eigenvalue weighted by Gasteiger charge is -2.34. The first-order valence-electron chi connectivity index (χ1n) is 6.60. The lowest BCUT2D eigenvalue weighted by atomic mass is 10.00. The molecule has 0 saturated heterocycles. The first-order valence-corrected chi connectivity index (χ1v) is 7.48. The summed E-state index contributed by atoms with van der Waals surface area (Å²) in [5.41, 5.74) is 1.70.